The standard InChI is InChI=1S/C26H31NO7S/c1-25(2,24(30)33-5)27-23(29)26(3,4)35(31,32)18-21-14-10-9-13-20(21)15-16-22(28)34-17-19-11-7-6-8-12-19/h6-16H,17-18H2,1-5H3,(H,27,29)/b16-15+. The fourth-order valence-electron chi connectivity index (χ4n) is 3.03. The van der Waals surface area contributed by atoms with Gasteiger partial charge in [-0.1, -0.05) is 54.6 Å². The van der Waals surface area contributed by atoms with Crippen molar-refractivity contribution in [2.75, 3.05) is 7.11 Å². The third-order valence-corrected chi connectivity index (χ3v) is 7.90. The highest BCUT2D eigenvalue weighted by Crippen LogP contribution is 2.25. The molecule has 0 aliphatic rings. The number of ether oxygens (including phenoxy) is 2. The monoisotopic (exact) mass is 501 g/mol. The van der Waals surface area contributed by atoms with Gasteiger partial charge < -0.3 is 14.8 Å². The lowest BCUT2D eigenvalue weighted by Gasteiger charge is -2.30. The molecule has 2 aromatic rings. The Hall–Kier alpha value is -3.46. The fraction of sp³-hybridized carbons (Fsp3) is 0.346. The van der Waals surface area contributed by atoms with Crippen LogP contribution in [0.5, 0.6) is 0 Å². The molecule has 9 heteroatoms. The lowest BCUT2D eigenvalue weighted by molar-refractivity contribution is -0.149. The van der Waals surface area contributed by atoms with Crippen LogP contribution in [-0.2, 0) is 46.1 Å². The van der Waals surface area contributed by atoms with Gasteiger partial charge in [-0.3, -0.25) is 4.79 Å². The first-order valence-corrected chi connectivity index (χ1v) is 12.6. The number of nitrogens with one attached hydrogen (secondary N) is 1. The number of amides is 1. The van der Waals surface area contributed by atoms with E-state index in [-0.39, 0.29) is 6.61 Å². The van der Waals surface area contributed by atoms with E-state index >= 15 is 0 Å². The van der Waals surface area contributed by atoms with Gasteiger partial charge in [-0.15, -0.1) is 0 Å². The molecule has 0 saturated heterocycles. The van der Waals surface area contributed by atoms with Crippen LogP contribution in [0.4, 0.5) is 0 Å². The zero-order valence-corrected chi connectivity index (χ0v) is 21.3. The average Bonchev–Trinajstić information content (AvgIpc) is 2.81. The zero-order valence-electron chi connectivity index (χ0n) is 20.5. The summed E-state index contributed by atoms with van der Waals surface area (Å²) in [6.45, 7) is 5.53. The summed E-state index contributed by atoms with van der Waals surface area (Å²) in [5, 5.41) is 2.45. The Bertz CT molecular complexity index is 1200. The van der Waals surface area contributed by atoms with Gasteiger partial charge >= 0.3 is 11.9 Å². The van der Waals surface area contributed by atoms with E-state index in [2.05, 4.69) is 10.1 Å². The first kappa shape index (κ1) is 27.8. The number of benzene rings is 2. The minimum atomic E-state index is -4.04. The van der Waals surface area contributed by atoms with Crippen molar-refractivity contribution in [3.8, 4) is 0 Å². The summed E-state index contributed by atoms with van der Waals surface area (Å²) in [5.41, 5.74) is 0.350. The molecule has 1 amide bonds. The highest BCUT2D eigenvalue weighted by molar-refractivity contribution is 7.92. The van der Waals surface area contributed by atoms with E-state index in [0.717, 1.165) is 5.56 Å². The minimum Gasteiger partial charge on any atom is -0.467 e. The quantitative estimate of drug-likeness (QED) is 0.393. The molecule has 0 aromatic heterocycles. The molecule has 0 fully saturated rings. The van der Waals surface area contributed by atoms with Gasteiger partial charge in [0.15, 0.2) is 9.84 Å². The molecule has 1 N–H and O–H groups in total. The molecule has 35 heavy (non-hydrogen) atoms. The summed E-state index contributed by atoms with van der Waals surface area (Å²) < 4.78 is 34.5. The molecular weight excluding hydrogens is 470 g/mol. The summed E-state index contributed by atoms with van der Waals surface area (Å²) in [4.78, 5) is 36.9. The SMILES string of the molecule is COC(=O)C(C)(C)NC(=O)C(C)(C)S(=O)(=O)Cc1ccccc1/C=C/C(=O)OCc1ccccc1. The maximum Gasteiger partial charge on any atom is 0.331 e. The number of carbonyl (C=O) groups is 3. The van der Waals surface area contributed by atoms with E-state index in [9.17, 15) is 22.8 Å². The predicted octanol–water partition coefficient (Wildman–Crippen LogP) is 3.20. The number of hydrogen-bond donors (Lipinski definition) is 1. The van der Waals surface area contributed by atoms with Crippen molar-refractivity contribution in [3.63, 3.8) is 0 Å². The topological polar surface area (TPSA) is 116 Å². The number of sulfone groups is 1. The van der Waals surface area contributed by atoms with Gasteiger partial charge in [0.05, 0.1) is 12.9 Å². The van der Waals surface area contributed by atoms with Crippen molar-refractivity contribution < 1.29 is 32.3 Å². The van der Waals surface area contributed by atoms with Gasteiger partial charge in [0.2, 0.25) is 5.91 Å². The van der Waals surface area contributed by atoms with Crippen LogP contribution in [0.3, 0.4) is 0 Å². The highest BCUT2D eigenvalue weighted by Gasteiger charge is 2.45. The maximum atomic E-state index is 13.2. The molecule has 2 rings (SSSR count). The average molecular weight is 502 g/mol. The number of rotatable bonds is 10. The molecular formula is C26H31NO7S. The number of carbonyl (C=O) groups excluding carboxylic acids is 3. The Balaban J connectivity index is 2.16. The molecule has 8 nitrogen and oxygen atoms in total. The Morgan fingerprint density at radius 3 is 2.17 bits per heavy atom. The van der Waals surface area contributed by atoms with Gasteiger partial charge in [0.1, 0.15) is 16.9 Å². The van der Waals surface area contributed by atoms with Crippen molar-refractivity contribution in [2.45, 2.75) is 50.3 Å². The van der Waals surface area contributed by atoms with Crippen molar-refractivity contribution in [2.24, 2.45) is 0 Å². The van der Waals surface area contributed by atoms with Crippen molar-refractivity contribution in [3.05, 3.63) is 77.4 Å². The summed E-state index contributed by atoms with van der Waals surface area (Å²) in [5.74, 6) is -2.55. The van der Waals surface area contributed by atoms with E-state index < -0.39 is 43.7 Å². The van der Waals surface area contributed by atoms with Crippen molar-refractivity contribution >= 4 is 33.8 Å². The summed E-state index contributed by atoms with van der Waals surface area (Å²) >= 11 is 0. The first-order valence-electron chi connectivity index (χ1n) is 10.9. The molecule has 0 radical (unpaired) electrons. The number of esters is 2. The third-order valence-electron chi connectivity index (χ3n) is 5.47. The fourth-order valence-corrected chi connectivity index (χ4v) is 4.40. The molecule has 2 aromatic carbocycles. The first-order chi connectivity index (χ1) is 16.3. The highest BCUT2D eigenvalue weighted by atomic mass is 32.2. The lowest BCUT2D eigenvalue weighted by Crippen LogP contribution is -2.58. The van der Waals surface area contributed by atoms with Crippen LogP contribution < -0.4 is 5.32 Å². The van der Waals surface area contributed by atoms with E-state index in [4.69, 9.17) is 4.74 Å². The summed E-state index contributed by atoms with van der Waals surface area (Å²) in [6.07, 6.45) is 2.71. The smallest absolute Gasteiger partial charge is 0.331 e. The third kappa shape index (κ3) is 7.26. The second-order valence-electron chi connectivity index (χ2n) is 8.97. The molecule has 188 valence electrons. The second-order valence-corrected chi connectivity index (χ2v) is 11.5. The van der Waals surface area contributed by atoms with E-state index in [1.165, 1.54) is 47.0 Å². The van der Waals surface area contributed by atoms with Gasteiger partial charge in [0.25, 0.3) is 0 Å². The normalized spacial score (nSPS) is 12.3. The largest absolute Gasteiger partial charge is 0.467 e. The molecule has 0 unspecified atom stereocenters. The maximum absolute atomic E-state index is 13.2. The Morgan fingerprint density at radius 2 is 1.54 bits per heavy atom. The number of hydrogen-bond acceptors (Lipinski definition) is 7. The van der Waals surface area contributed by atoms with Gasteiger partial charge in [-0.05, 0) is 50.5 Å². The molecule has 0 aliphatic heterocycles. The molecule has 0 bridgehead atoms. The van der Waals surface area contributed by atoms with Crippen LogP contribution in [0.25, 0.3) is 6.08 Å². The van der Waals surface area contributed by atoms with Gasteiger partial charge in [-0.25, -0.2) is 18.0 Å². The van der Waals surface area contributed by atoms with Crippen molar-refractivity contribution in [1.29, 1.82) is 0 Å². The van der Waals surface area contributed by atoms with Crippen LogP contribution in [0.1, 0.15) is 44.4 Å². The molecule has 0 aliphatic carbocycles. The van der Waals surface area contributed by atoms with Crippen LogP contribution in [0, 0.1) is 0 Å². The summed E-state index contributed by atoms with van der Waals surface area (Å²) in [7, 11) is -2.86. The van der Waals surface area contributed by atoms with Gasteiger partial charge in [0, 0.05) is 6.08 Å². The zero-order chi connectivity index (χ0) is 26.3. The van der Waals surface area contributed by atoms with E-state index in [1.54, 1.807) is 24.3 Å². The minimum absolute atomic E-state index is 0.116. The van der Waals surface area contributed by atoms with Crippen LogP contribution in [0.2, 0.25) is 0 Å². The van der Waals surface area contributed by atoms with E-state index in [0.29, 0.717) is 11.1 Å². The molecule has 0 spiro atoms. The van der Waals surface area contributed by atoms with E-state index in [1.807, 2.05) is 30.3 Å². The molecule has 0 saturated carbocycles. The Morgan fingerprint density at radius 1 is 0.943 bits per heavy atom. The molecule has 0 atom stereocenters. The second kappa shape index (κ2) is 11.3. The predicted molar refractivity (Wildman–Crippen MR) is 133 cm³/mol. The lowest BCUT2D eigenvalue weighted by atomic mass is 10.0. The molecule has 0 heterocycles. The Kier molecular flexibility index (Phi) is 8.98. The van der Waals surface area contributed by atoms with Crippen LogP contribution in [-0.4, -0.2) is 43.7 Å². The van der Waals surface area contributed by atoms with Crippen molar-refractivity contribution in [1.82, 2.24) is 5.32 Å². The van der Waals surface area contributed by atoms with Crippen LogP contribution in [0.15, 0.2) is 60.7 Å². The van der Waals surface area contributed by atoms with Gasteiger partial charge in [-0.2, -0.15) is 0 Å². The summed E-state index contributed by atoms with van der Waals surface area (Å²) in [6, 6.07) is 15.9. The number of methoxy groups -OCH3 is 1. The van der Waals surface area contributed by atoms with Crippen LogP contribution >= 0.6 is 0 Å². The Labute approximate surface area is 206 Å².